The first-order valence-corrected chi connectivity index (χ1v) is 7.61. The highest BCUT2D eigenvalue weighted by molar-refractivity contribution is 9.10. The maximum atomic E-state index is 11.3. The van der Waals surface area contributed by atoms with Crippen LogP contribution in [0.2, 0.25) is 0 Å². The molecule has 1 amide bonds. The van der Waals surface area contributed by atoms with Crippen LogP contribution in [0.25, 0.3) is 0 Å². The van der Waals surface area contributed by atoms with Crippen molar-refractivity contribution in [2.75, 3.05) is 5.32 Å². The number of pyridine rings is 1. The summed E-state index contributed by atoms with van der Waals surface area (Å²) in [6.45, 7) is 3.17. The van der Waals surface area contributed by atoms with Crippen molar-refractivity contribution in [3.63, 3.8) is 0 Å². The molecule has 0 saturated heterocycles. The average molecular weight is 379 g/mol. The fourth-order valence-electron chi connectivity index (χ4n) is 2.08. The number of halogens is 1. The predicted octanol–water partition coefficient (Wildman–Crippen LogP) is 3.69. The van der Waals surface area contributed by atoms with Crippen molar-refractivity contribution in [2.45, 2.75) is 19.9 Å². The molecule has 0 aliphatic rings. The number of nitrogens with one attached hydrogen (secondary N) is 2. The minimum Gasteiger partial charge on any atom is -0.350 e. The quantitative estimate of drug-likeness (QED) is 0.469. The van der Waals surface area contributed by atoms with Gasteiger partial charge in [-0.15, -0.1) is 0 Å². The number of nitro groups is 1. The third kappa shape index (κ3) is 4.49. The Labute approximate surface area is 141 Å². The Morgan fingerprint density at radius 3 is 2.70 bits per heavy atom. The van der Waals surface area contributed by atoms with Gasteiger partial charge in [-0.2, -0.15) is 0 Å². The number of rotatable bonds is 5. The first kappa shape index (κ1) is 16.9. The molecule has 0 spiro atoms. The zero-order valence-electron chi connectivity index (χ0n) is 12.5. The molecule has 0 fully saturated rings. The van der Waals surface area contributed by atoms with E-state index in [9.17, 15) is 14.9 Å². The van der Waals surface area contributed by atoms with Gasteiger partial charge in [0.1, 0.15) is 16.1 Å². The van der Waals surface area contributed by atoms with E-state index in [0.717, 1.165) is 0 Å². The first-order chi connectivity index (χ1) is 10.9. The van der Waals surface area contributed by atoms with E-state index in [1.54, 1.807) is 37.3 Å². The molecule has 0 radical (unpaired) electrons. The van der Waals surface area contributed by atoms with E-state index in [4.69, 9.17) is 0 Å². The molecule has 0 aliphatic carbocycles. The summed E-state index contributed by atoms with van der Waals surface area (Å²) in [7, 11) is 0. The van der Waals surface area contributed by atoms with Crippen LogP contribution in [0.5, 0.6) is 0 Å². The fraction of sp³-hybridized carbons (Fsp3) is 0.200. The maximum absolute atomic E-state index is 11.3. The minimum absolute atomic E-state index is 0.0820. The average Bonchev–Trinajstić information content (AvgIpc) is 2.46. The Hall–Kier alpha value is -2.48. The van der Waals surface area contributed by atoms with Crippen molar-refractivity contribution in [1.29, 1.82) is 0 Å². The number of nitro benzene ring substituents is 1. The molecule has 120 valence electrons. The van der Waals surface area contributed by atoms with Crippen molar-refractivity contribution < 1.29 is 9.72 Å². The highest BCUT2D eigenvalue weighted by Gasteiger charge is 2.18. The molecule has 7 nitrogen and oxygen atoms in total. The predicted molar refractivity (Wildman–Crippen MR) is 90.5 cm³/mol. The molecule has 1 heterocycles. The first-order valence-electron chi connectivity index (χ1n) is 6.82. The van der Waals surface area contributed by atoms with Crippen LogP contribution in [0.4, 0.5) is 17.2 Å². The van der Waals surface area contributed by atoms with Gasteiger partial charge in [-0.05, 0) is 46.6 Å². The van der Waals surface area contributed by atoms with Gasteiger partial charge in [0.2, 0.25) is 5.91 Å². The summed E-state index contributed by atoms with van der Waals surface area (Å²) < 4.78 is 0.626. The van der Waals surface area contributed by atoms with Gasteiger partial charge in [0, 0.05) is 13.0 Å². The van der Waals surface area contributed by atoms with Crippen molar-refractivity contribution in [1.82, 2.24) is 10.3 Å². The van der Waals surface area contributed by atoms with Crippen LogP contribution < -0.4 is 10.6 Å². The zero-order chi connectivity index (χ0) is 17.0. The van der Waals surface area contributed by atoms with Crippen molar-refractivity contribution in [2.24, 2.45) is 0 Å². The smallest absolute Gasteiger partial charge is 0.293 e. The van der Waals surface area contributed by atoms with E-state index in [1.165, 1.54) is 13.0 Å². The van der Waals surface area contributed by atoms with Gasteiger partial charge in [0.25, 0.3) is 5.69 Å². The molecule has 23 heavy (non-hydrogen) atoms. The molecule has 2 aromatic rings. The van der Waals surface area contributed by atoms with E-state index in [2.05, 4.69) is 31.5 Å². The monoisotopic (exact) mass is 378 g/mol. The molecule has 0 bridgehead atoms. The van der Waals surface area contributed by atoms with Crippen LogP contribution in [-0.4, -0.2) is 15.8 Å². The summed E-state index contributed by atoms with van der Waals surface area (Å²) in [5.74, 6) is 0.297. The Bertz CT molecular complexity index is 751. The summed E-state index contributed by atoms with van der Waals surface area (Å²) in [6, 6.07) is 9.71. The van der Waals surface area contributed by atoms with Crippen LogP contribution in [0.15, 0.2) is 41.0 Å². The molecule has 1 atom stereocenters. The van der Waals surface area contributed by atoms with Gasteiger partial charge in [-0.25, -0.2) is 4.98 Å². The maximum Gasteiger partial charge on any atom is 0.293 e. The molecule has 1 aromatic heterocycles. The highest BCUT2D eigenvalue weighted by Crippen LogP contribution is 2.30. The van der Waals surface area contributed by atoms with Gasteiger partial charge < -0.3 is 10.6 Å². The Morgan fingerprint density at radius 2 is 2.09 bits per heavy atom. The summed E-state index contributed by atoms with van der Waals surface area (Å²) in [5.41, 5.74) is 0.903. The zero-order valence-corrected chi connectivity index (χ0v) is 14.1. The number of benzene rings is 1. The number of anilines is 2. The van der Waals surface area contributed by atoms with E-state index in [-0.39, 0.29) is 17.6 Å². The van der Waals surface area contributed by atoms with Gasteiger partial charge >= 0.3 is 0 Å². The number of carbonyl (C=O) groups is 1. The van der Waals surface area contributed by atoms with Gasteiger partial charge in [0.05, 0.1) is 11.0 Å². The van der Waals surface area contributed by atoms with Gasteiger partial charge in [-0.1, -0.05) is 12.1 Å². The van der Waals surface area contributed by atoms with Crippen LogP contribution in [0.1, 0.15) is 25.5 Å². The molecule has 1 unspecified atom stereocenters. The number of hydrogen-bond acceptors (Lipinski definition) is 5. The second-order valence-corrected chi connectivity index (χ2v) is 5.74. The molecule has 2 rings (SSSR count). The lowest BCUT2D eigenvalue weighted by atomic mass is 10.1. The Morgan fingerprint density at radius 1 is 1.35 bits per heavy atom. The van der Waals surface area contributed by atoms with E-state index >= 15 is 0 Å². The minimum atomic E-state index is -0.468. The topological polar surface area (TPSA) is 97.2 Å². The van der Waals surface area contributed by atoms with Crippen LogP contribution in [0.3, 0.4) is 0 Å². The van der Waals surface area contributed by atoms with Gasteiger partial charge in [0.15, 0.2) is 0 Å². The molecule has 8 heteroatoms. The number of carbonyl (C=O) groups excluding carboxylic acids is 1. The second-order valence-electron chi connectivity index (χ2n) is 4.93. The standard InChI is InChI=1S/C15H15BrN4O3/c1-9(17-10(2)21)11-6-7-12(13(8-11)20(22)23)18-15-5-3-4-14(16)19-15/h3-9H,1-2H3,(H,17,21)(H,18,19). The SMILES string of the molecule is CC(=O)NC(C)c1ccc(Nc2cccc(Br)n2)c([N+](=O)[O-])c1. The summed E-state index contributed by atoms with van der Waals surface area (Å²) in [4.78, 5) is 26.2. The Kier molecular flexibility index (Phi) is 5.28. The lowest BCUT2D eigenvalue weighted by Gasteiger charge is -2.14. The van der Waals surface area contributed by atoms with Crippen molar-refractivity contribution >= 4 is 39.0 Å². The Balaban J connectivity index is 2.33. The molecular weight excluding hydrogens is 364 g/mol. The fourth-order valence-corrected chi connectivity index (χ4v) is 2.42. The molecular formula is C15H15BrN4O3. The summed E-state index contributed by atoms with van der Waals surface area (Å²) in [5, 5.41) is 17.0. The van der Waals surface area contributed by atoms with E-state index in [0.29, 0.717) is 21.7 Å². The van der Waals surface area contributed by atoms with Crippen LogP contribution >= 0.6 is 15.9 Å². The van der Waals surface area contributed by atoms with Crippen LogP contribution in [-0.2, 0) is 4.79 Å². The van der Waals surface area contributed by atoms with E-state index < -0.39 is 4.92 Å². The van der Waals surface area contributed by atoms with E-state index in [1.807, 2.05) is 0 Å². The lowest BCUT2D eigenvalue weighted by molar-refractivity contribution is -0.384. The summed E-state index contributed by atoms with van der Waals surface area (Å²) >= 11 is 3.25. The lowest BCUT2D eigenvalue weighted by Crippen LogP contribution is -2.23. The van der Waals surface area contributed by atoms with Crippen molar-refractivity contribution in [3.8, 4) is 0 Å². The second kappa shape index (κ2) is 7.19. The number of amides is 1. The van der Waals surface area contributed by atoms with Gasteiger partial charge in [-0.3, -0.25) is 14.9 Å². The largest absolute Gasteiger partial charge is 0.350 e. The molecule has 2 N–H and O–H groups in total. The number of aromatic nitrogens is 1. The number of hydrogen-bond donors (Lipinski definition) is 2. The van der Waals surface area contributed by atoms with Crippen molar-refractivity contribution in [3.05, 3.63) is 56.7 Å². The normalized spacial score (nSPS) is 11.6. The summed E-state index contributed by atoms with van der Waals surface area (Å²) in [6.07, 6.45) is 0. The third-order valence-electron chi connectivity index (χ3n) is 3.12. The van der Waals surface area contributed by atoms with Crippen LogP contribution in [0, 0.1) is 10.1 Å². The third-order valence-corrected chi connectivity index (χ3v) is 3.56. The highest BCUT2D eigenvalue weighted by atomic mass is 79.9. The molecule has 0 saturated carbocycles. The number of nitrogens with zero attached hydrogens (tertiary/aromatic N) is 2. The molecule has 1 aromatic carbocycles. The molecule has 0 aliphatic heterocycles.